The van der Waals surface area contributed by atoms with Gasteiger partial charge in [0.25, 0.3) is 0 Å². The Balaban J connectivity index is 1.55. The molecular weight excluding hydrogens is 244 g/mol. The number of hydrogen-bond donors (Lipinski definition) is 1. The van der Waals surface area contributed by atoms with Crippen molar-refractivity contribution < 1.29 is 0 Å². The molecule has 0 aromatic carbocycles. The average molecular weight is 278 g/mol. The molecule has 0 spiro atoms. The molecule has 20 heavy (non-hydrogen) atoms. The van der Waals surface area contributed by atoms with Crippen LogP contribution in [0.25, 0.3) is 0 Å². The lowest BCUT2D eigenvalue weighted by molar-refractivity contribution is 0.0453. The summed E-state index contributed by atoms with van der Waals surface area (Å²) in [6, 6.07) is 1.77. The van der Waals surface area contributed by atoms with Gasteiger partial charge in [0.15, 0.2) is 0 Å². The van der Waals surface area contributed by atoms with Crippen LogP contribution in [0.15, 0.2) is 0 Å². The lowest BCUT2D eigenvalue weighted by atomic mass is 9.78. The van der Waals surface area contributed by atoms with E-state index < -0.39 is 0 Å². The maximum absolute atomic E-state index is 3.82. The van der Waals surface area contributed by atoms with Gasteiger partial charge < -0.3 is 5.32 Å². The zero-order valence-corrected chi connectivity index (χ0v) is 13.4. The summed E-state index contributed by atoms with van der Waals surface area (Å²) in [6.45, 7) is 6.28. The Labute approximate surface area is 125 Å². The molecule has 4 unspecified atom stereocenters. The van der Waals surface area contributed by atoms with Crippen LogP contribution in [0.4, 0.5) is 0 Å². The monoisotopic (exact) mass is 278 g/mol. The van der Waals surface area contributed by atoms with Crippen molar-refractivity contribution in [3.8, 4) is 0 Å². The highest BCUT2D eigenvalue weighted by Gasteiger charge is 2.36. The van der Waals surface area contributed by atoms with E-state index in [9.17, 15) is 0 Å². The van der Waals surface area contributed by atoms with Crippen molar-refractivity contribution in [2.24, 2.45) is 11.8 Å². The predicted molar refractivity (Wildman–Crippen MR) is 86.0 cm³/mol. The van der Waals surface area contributed by atoms with Crippen molar-refractivity contribution in [2.75, 3.05) is 19.6 Å². The van der Waals surface area contributed by atoms with Crippen LogP contribution in [0.2, 0.25) is 0 Å². The van der Waals surface area contributed by atoms with Crippen molar-refractivity contribution in [1.29, 1.82) is 0 Å². The Morgan fingerprint density at radius 3 is 2.70 bits per heavy atom. The highest BCUT2D eigenvalue weighted by molar-refractivity contribution is 4.91. The number of likely N-dealkylation sites (tertiary alicyclic amines) is 1. The number of fused-ring (bicyclic) bond motifs is 1. The molecule has 116 valence electrons. The van der Waals surface area contributed by atoms with Gasteiger partial charge in [-0.1, -0.05) is 26.2 Å². The molecule has 3 rings (SSSR count). The second kappa shape index (κ2) is 7.26. The van der Waals surface area contributed by atoms with E-state index in [1.807, 2.05) is 0 Å². The number of rotatable bonds is 5. The highest BCUT2D eigenvalue weighted by atomic mass is 15.2. The molecule has 0 aromatic rings. The third-order valence-electron chi connectivity index (χ3n) is 6.14. The molecule has 3 aliphatic rings. The Kier molecular flexibility index (Phi) is 5.39. The van der Waals surface area contributed by atoms with Crippen LogP contribution in [-0.4, -0.2) is 36.6 Å². The Bertz CT molecular complexity index is 289. The molecule has 0 radical (unpaired) electrons. The first-order chi connectivity index (χ1) is 9.88. The summed E-state index contributed by atoms with van der Waals surface area (Å²) < 4.78 is 0. The molecule has 4 atom stereocenters. The molecule has 0 aromatic heterocycles. The third-order valence-corrected chi connectivity index (χ3v) is 6.14. The van der Waals surface area contributed by atoms with E-state index in [4.69, 9.17) is 0 Å². The first kappa shape index (κ1) is 14.8. The van der Waals surface area contributed by atoms with Crippen molar-refractivity contribution in [3.05, 3.63) is 0 Å². The summed E-state index contributed by atoms with van der Waals surface area (Å²) in [5, 5.41) is 3.82. The van der Waals surface area contributed by atoms with Crippen LogP contribution in [0.1, 0.15) is 71.1 Å². The molecule has 0 amide bonds. The molecular formula is C18H34N2. The van der Waals surface area contributed by atoms with Crippen LogP contribution >= 0.6 is 0 Å². The minimum absolute atomic E-state index is 0.818. The summed E-state index contributed by atoms with van der Waals surface area (Å²) in [5.41, 5.74) is 0. The van der Waals surface area contributed by atoms with Gasteiger partial charge in [-0.3, -0.25) is 4.90 Å². The fraction of sp³-hybridized carbons (Fsp3) is 1.00. The van der Waals surface area contributed by atoms with E-state index in [2.05, 4.69) is 17.1 Å². The average Bonchev–Trinajstić information content (AvgIpc) is 2.93. The Morgan fingerprint density at radius 2 is 1.80 bits per heavy atom. The highest BCUT2D eigenvalue weighted by Crippen LogP contribution is 2.37. The predicted octanol–water partition coefficient (Wildman–Crippen LogP) is 3.81. The van der Waals surface area contributed by atoms with Gasteiger partial charge in [0.2, 0.25) is 0 Å². The second-order valence-corrected chi connectivity index (χ2v) is 7.50. The van der Waals surface area contributed by atoms with E-state index >= 15 is 0 Å². The molecule has 2 aliphatic carbocycles. The zero-order valence-electron chi connectivity index (χ0n) is 13.4. The first-order valence-electron chi connectivity index (χ1n) is 9.36. The normalized spacial score (nSPS) is 38.9. The van der Waals surface area contributed by atoms with E-state index in [0.29, 0.717) is 0 Å². The molecule has 1 N–H and O–H groups in total. The van der Waals surface area contributed by atoms with E-state index in [-0.39, 0.29) is 0 Å². The van der Waals surface area contributed by atoms with Gasteiger partial charge in [-0.25, -0.2) is 0 Å². The first-order valence-corrected chi connectivity index (χ1v) is 9.36. The summed E-state index contributed by atoms with van der Waals surface area (Å²) in [7, 11) is 0. The van der Waals surface area contributed by atoms with Crippen LogP contribution in [-0.2, 0) is 0 Å². The molecule has 1 aliphatic heterocycles. The SMILES string of the molecule is CCCNC1CCCC1CN1CCCC2CCCCC21. The number of nitrogens with zero attached hydrogens (tertiary/aromatic N) is 1. The second-order valence-electron chi connectivity index (χ2n) is 7.50. The Morgan fingerprint density at radius 1 is 0.950 bits per heavy atom. The van der Waals surface area contributed by atoms with Crippen molar-refractivity contribution in [3.63, 3.8) is 0 Å². The third kappa shape index (κ3) is 3.39. The van der Waals surface area contributed by atoms with Gasteiger partial charge in [0.05, 0.1) is 0 Å². The number of nitrogens with one attached hydrogen (secondary N) is 1. The smallest absolute Gasteiger partial charge is 0.0124 e. The van der Waals surface area contributed by atoms with E-state index in [0.717, 1.165) is 23.9 Å². The van der Waals surface area contributed by atoms with Crippen LogP contribution in [0, 0.1) is 11.8 Å². The molecule has 2 saturated carbocycles. The van der Waals surface area contributed by atoms with Gasteiger partial charge >= 0.3 is 0 Å². The lowest BCUT2D eigenvalue weighted by Gasteiger charge is -2.45. The fourth-order valence-electron chi connectivity index (χ4n) is 5.11. The van der Waals surface area contributed by atoms with Gasteiger partial charge in [0, 0.05) is 18.6 Å². The van der Waals surface area contributed by atoms with Crippen LogP contribution in [0.5, 0.6) is 0 Å². The van der Waals surface area contributed by atoms with E-state index in [1.165, 1.54) is 83.8 Å². The molecule has 3 fully saturated rings. The topological polar surface area (TPSA) is 15.3 Å². The number of piperidine rings is 1. The minimum Gasteiger partial charge on any atom is -0.314 e. The maximum atomic E-state index is 3.82. The summed E-state index contributed by atoms with van der Waals surface area (Å²) in [6.07, 6.45) is 14.6. The minimum atomic E-state index is 0.818. The molecule has 2 nitrogen and oxygen atoms in total. The molecule has 1 heterocycles. The van der Waals surface area contributed by atoms with Crippen molar-refractivity contribution in [1.82, 2.24) is 10.2 Å². The zero-order chi connectivity index (χ0) is 13.8. The van der Waals surface area contributed by atoms with Gasteiger partial charge in [-0.15, -0.1) is 0 Å². The van der Waals surface area contributed by atoms with Gasteiger partial charge in [-0.2, -0.15) is 0 Å². The molecule has 2 heteroatoms. The fourth-order valence-corrected chi connectivity index (χ4v) is 5.11. The summed E-state index contributed by atoms with van der Waals surface area (Å²) in [5.74, 6) is 1.98. The van der Waals surface area contributed by atoms with E-state index in [1.54, 1.807) is 0 Å². The maximum Gasteiger partial charge on any atom is 0.0124 e. The molecule has 0 bridgehead atoms. The van der Waals surface area contributed by atoms with Crippen LogP contribution in [0.3, 0.4) is 0 Å². The van der Waals surface area contributed by atoms with Gasteiger partial charge in [0.1, 0.15) is 0 Å². The molecule has 1 saturated heterocycles. The van der Waals surface area contributed by atoms with Crippen molar-refractivity contribution in [2.45, 2.75) is 83.2 Å². The van der Waals surface area contributed by atoms with Crippen molar-refractivity contribution >= 4 is 0 Å². The lowest BCUT2D eigenvalue weighted by Crippen LogP contribution is -2.50. The largest absolute Gasteiger partial charge is 0.314 e. The van der Waals surface area contributed by atoms with Crippen LogP contribution < -0.4 is 5.32 Å². The van der Waals surface area contributed by atoms with Gasteiger partial charge in [-0.05, 0) is 69.9 Å². The number of hydrogen-bond acceptors (Lipinski definition) is 2. The summed E-state index contributed by atoms with van der Waals surface area (Å²) in [4.78, 5) is 2.91. The quantitative estimate of drug-likeness (QED) is 0.822. The Hall–Kier alpha value is -0.0800. The summed E-state index contributed by atoms with van der Waals surface area (Å²) >= 11 is 0. The standard InChI is InChI=1S/C18H34N2/c1-2-12-19-17-10-5-8-16(17)14-20-13-6-9-15-7-3-4-11-18(15)20/h15-19H,2-14H2,1H3.